The molecule has 0 aliphatic rings. The average Bonchev–Trinajstić information content (AvgIpc) is 2.12. The predicted molar refractivity (Wildman–Crippen MR) is 63.3 cm³/mol. The number of primary amides is 1. The largest absolute Gasteiger partial charge is 0.448 e. The second kappa shape index (κ2) is 6.61. The number of nitrogens with one attached hydrogen (secondary N) is 1. The minimum Gasteiger partial charge on any atom is -0.448 e. The van der Waals surface area contributed by atoms with E-state index in [-0.39, 0.29) is 24.6 Å². The number of ether oxygens (including phenoxy) is 1. The fraction of sp³-hybridized carbons (Fsp3) is 0.714. The van der Waals surface area contributed by atoms with Crippen molar-refractivity contribution < 1.29 is 17.9 Å². The summed E-state index contributed by atoms with van der Waals surface area (Å²) in [6.07, 6.45) is -0.679. The zero-order valence-corrected chi connectivity index (χ0v) is 10.4. The van der Waals surface area contributed by atoms with Crippen molar-refractivity contribution in [3.8, 4) is 0 Å². The molecule has 7 nitrogen and oxygen atoms in total. The molecule has 0 aliphatic carbocycles. The molecule has 16 heavy (non-hydrogen) atoms. The summed E-state index contributed by atoms with van der Waals surface area (Å²) in [6.45, 7) is 1.45. The lowest BCUT2D eigenvalue weighted by Gasteiger charge is -2.14. The molecule has 1 amide bonds. The maximum absolute atomic E-state index is 11.6. The molecule has 0 saturated heterocycles. The third-order valence-corrected chi connectivity index (χ3v) is 4.09. The van der Waals surface area contributed by atoms with Crippen LogP contribution >= 0.6 is 12.2 Å². The molecular formula is C7H15N3O4S2. The first-order valence-electron chi connectivity index (χ1n) is 4.51. The van der Waals surface area contributed by atoms with E-state index >= 15 is 0 Å². The van der Waals surface area contributed by atoms with E-state index in [1.165, 1.54) is 0 Å². The quantitative estimate of drug-likeness (QED) is 0.405. The lowest BCUT2D eigenvalue weighted by atomic mass is 10.3. The first-order valence-corrected chi connectivity index (χ1v) is 6.46. The molecule has 0 radical (unpaired) electrons. The number of nitrogens with two attached hydrogens (primary N) is 2. The summed E-state index contributed by atoms with van der Waals surface area (Å²) in [4.78, 5) is 10.1. The molecule has 0 aromatic heterocycles. The predicted octanol–water partition coefficient (Wildman–Crippen LogP) is -0.934. The highest BCUT2D eigenvalue weighted by atomic mass is 32.2. The minimum atomic E-state index is -3.62. The van der Waals surface area contributed by atoms with Crippen LogP contribution in [0, 0.1) is 0 Å². The fourth-order valence-electron chi connectivity index (χ4n) is 1.01. The zero-order chi connectivity index (χ0) is 12.8. The van der Waals surface area contributed by atoms with Gasteiger partial charge in [-0.15, -0.1) is 0 Å². The average molecular weight is 269 g/mol. The lowest BCUT2D eigenvalue weighted by Crippen LogP contribution is -2.42. The van der Waals surface area contributed by atoms with Gasteiger partial charge in [0.25, 0.3) is 0 Å². The molecule has 0 spiro atoms. The van der Waals surface area contributed by atoms with Crippen molar-refractivity contribution in [2.75, 3.05) is 13.2 Å². The second-order valence-corrected chi connectivity index (χ2v) is 5.33. The standard InChI is InChI=1S/C7H15N3O4S2/c1-2-5(6(8)15)16(12,13)10-3-4-14-7(9)11/h5,10H,2-4H2,1H3,(H2,8,15)(H2,9,11). The third kappa shape index (κ3) is 5.24. The monoisotopic (exact) mass is 269 g/mol. The van der Waals surface area contributed by atoms with Gasteiger partial charge in [-0.3, -0.25) is 0 Å². The van der Waals surface area contributed by atoms with Crippen LogP contribution in [0.5, 0.6) is 0 Å². The van der Waals surface area contributed by atoms with Crippen molar-refractivity contribution >= 4 is 33.3 Å². The topological polar surface area (TPSA) is 125 Å². The normalized spacial score (nSPS) is 13.1. The number of carbonyl (C=O) groups is 1. The first-order chi connectivity index (χ1) is 7.31. The van der Waals surface area contributed by atoms with E-state index in [2.05, 4.69) is 21.7 Å². The number of rotatable bonds is 7. The summed E-state index contributed by atoms with van der Waals surface area (Å²) < 4.78 is 29.8. The highest BCUT2D eigenvalue weighted by Gasteiger charge is 2.25. The van der Waals surface area contributed by atoms with Crippen molar-refractivity contribution in [1.29, 1.82) is 0 Å². The Morgan fingerprint density at radius 3 is 2.44 bits per heavy atom. The fourth-order valence-corrected chi connectivity index (χ4v) is 2.87. The SMILES string of the molecule is CCC(C(N)=S)S(=O)(=O)NCCOC(N)=O. The number of hydrogen-bond acceptors (Lipinski definition) is 5. The molecule has 0 aliphatic heterocycles. The molecule has 0 heterocycles. The molecule has 1 atom stereocenters. The summed E-state index contributed by atoms with van der Waals surface area (Å²) in [5.74, 6) is 0. The highest BCUT2D eigenvalue weighted by Crippen LogP contribution is 2.04. The number of hydrogen-bond donors (Lipinski definition) is 3. The van der Waals surface area contributed by atoms with Crippen LogP contribution in [-0.4, -0.2) is 37.9 Å². The van der Waals surface area contributed by atoms with E-state index in [9.17, 15) is 13.2 Å². The molecular weight excluding hydrogens is 254 g/mol. The smallest absolute Gasteiger partial charge is 0.404 e. The van der Waals surface area contributed by atoms with E-state index < -0.39 is 21.4 Å². The van der Waals surface area contributed by atoms with Crippen LogP contribution in [0.4, 0.5) is 4.79 Å². The highest BCUT2D eigenvalue weighted by molar-refractivity contribution is 7.93. The van der Waals surface area contributed by atoms with E-state index in [0.717, 1.165) is 0 Å². The van der Waals surface area contributed by atoms with Gasteiger partial charge in [-0.25, -0.2) is 17.9 Å². The van der Waals surface area contributed by atoms with Gasteiger partial charge >= 0.3 is 6.09 Å². The Kier molecular flexibility index (Phi) is 6.22. The van der Waals surface area contributed by atoms with Crippen LogP contribution in [0.25, 0.3) is 0 Å². The van der Waals surface area contributed by atoms with Crippen LogP contribution in [-0.2, 0) is 14.8 Å². The van der Waals surface area contributed by atoms with Gasteiger partial charge < -0.3 is 16.2 Å². The molecule has 5 N–H and O–H groups in total. The Hall–Kier alpha value is -0.930. The van der Waals surface area contributed by atoms with Crippen LogP contribution in [0.2, 0.25) is 0 Å². The minimum absolute atomic E-state index is 0.0651. The first kappa shape index (κ1) is 15.1. The van der Waals surface area contributed by atoms with E-state index in [1.807, 2.05) is 0 Å². The molecule has 0 rings (SSSR count). The van der Waals surface area contributed by atoms with E-state index in [4.69, 9.17) is 11.5 Å². The van der Waals surface area contributed by atoms with Gasteiger partial charge in [-0.1, -0.05) is 19.1 Å². The number of sulfonamides is 1. The van der Waals surface area contributed by atoms with Gasteiger partial charge in [-0.2, -0.15) is 0 Å². The molecule has 1 unspecified atom stereocenters. The van der Waals surface area contributed by atoms with Crippen molar-refractivity contribution in [3.05, 3.63) is 0 Å². The Morgan fingerprint density at radius 2 is 2.06 bits per heavy atom. The molecule has 94 valence electrons. The summed E-state index contributed by atoms with van der Waals surface area (Å²) >= 11 is 4.64. The number of amides is 1. The number of carbonyl (C=O) groups excluding carboxylic acids is 1. The Morgan fingerprint density at radius 1 is 1.50 bits per heavy atom. The summed E-state index contributed by atoms with van der Waals surface area (Å²) in [6, 6.07) is 0. The zero-order valence-electron chi connectivity index (χ0n) is 8.80. The second-order valence-electron chi connectivity index (χ2n) is 2.91. The Bertz CT molecular complexity index is 355. The van der Waals surface area contributed by atoms with Crippen LogP contribution in [0.15, 0.2) is 0 Å². The van der Waals surface area contributed by atoms with Crippen LogP contribution in [0.3, 0.4) is 0 Å². The maximum atomic E-state index is 11.6. The third-order valence-electron chi connectivity index (χ3n) is 1.71. The molecule has 0 saturated carbocycles. The van der Waals surface area contributed by atoms with Gasteiger partial charge in [0.2, 0.25) is 10.0 Å². The Labute approximate surface area is 99.6 Å². The molecule has 0 aromatic rings. The molecule has 0 fully saturated rings. The van der Waals surface area contributed by atoms with Crippen molar-refractivity contribution in [2.45, 2.75) is 18.6 Å². The van der Waals surface area contributed by atoms with Gasteiger partial charge in [0.05, 0.1) is 4.99 Å². The lowest BCUT2D eigenvalue weighted by molar-refractivity contribution is 0.159. The van der Waals surface area contributed by atoms with Gasteiger partial charge in [0, 0.05) is 6.54 Å². The van der Waals surface area contributed by atoms with Crippen LogP contribution in [0.1, 0.15) is 13.3 Å². The van der Waals surface area contributed by atoms with Crippen molar-refractivity contribution in [3.63, 3.8) is 0 Å². The molecule has 0 aromatic carbocycles. The van der Waals surface area contributed by atoms with Gasteiger partial charge in [0.1, 0.15) is 11.9 Å². The molecule has 9 heteroatoms. The maximum Gasteiger partial charge on any atom is 0.404 e. The van der Waals surface area contributed by atoms with Crippen LogP contribution < -0.4 is 16.2 Å². The van der Waals surface area contributed by atoms with Crippen molar-refractivity contribution in [1.82, 2.24) is 4.72 Å². The van der Waals surface area contributed by atoms with Crippen molar-refractivity contribution in [2.24, 2.45) is 11.5 Å². The van der Waals surface area contributed by atoms with Gasteiger partial charge in [-0.05, 0) is 6.42 Å². The van der Waals surface area contributed by atoms with Gasteiger partial charge in [0.15, 0.2) is 0 Å². The van der Waals surface area contributed by atoms with E-state index in [1.54, 1.807) is 6.92 Å². The summed E-state index contributed by atoms with van der Waals surface area (Å²) in [5, 5.41) is -0.920. The summed E-state index contributed by atoms with van der Waals surface area (Å²) in [5.41, 5.74) is 9.99. The summed E-state index contributed by atoms with van der Waals surface area (Å²) in [7, 11) is -3.62. The Balaban J connectivity index is 4.24. The number of thiocarbonyl (C=S) groups is 1. The van der Waals surface area contributed by atoms with E-state index in [0.29, 0.717) is 0 Å². The molecule has 0 bridgehead atoms.